The predicted octanol–water partition coefficient (Wildman–Crippen LogP) is 4.75. The van der Waals surface area contributed by atoms with Gasteiger partial charge in [0, 0.05) is 9.26 Å². The molecule has 162 valence electrons. The lowest BCUT2D eigenvalue weighted by atomic mass is 10.2. The van der Waals surface area contributed by atoms with E-state index in [0.29, 0.717) is 17.1 Å². The van der Waals surface area contributed by atoms with Gasteiger partial charge in [0.05, 0.1) is 17.7 Å². The first-order chi connectivity index (χ1) is 14.7. The molecular weight excluding hydrogens is 527 g/mol. The Hall–Kier alpha value is -2.59. The number of benzene rings is 3. The molecule has 31 heavy (non-hydrogen) atoms. The van der Waals surface area contributed by atoms with E-state index in [4.69, 9.17) is 4.74 Å². The number of amides is 1. The lowest BCUT2D eigenvalue weighted by Gasteiger charge is -2.26. The Morgan fingerprint density at radius 1 is 0.968 bits per heavy atom. The van der Waals surface area contributed by atoms with Crippen molar-refractivity contribution in [3.8, 4) is 5.75 Å². The van der Waals surface area contributed by atoms with Crippen LogP contribution in [0.5, 0.6) is 5.75 Å². The van der Waals surface area contributed by atoms with Crippen molar-refractivity contribution in [3.63, 3.8) is 0 Å². The van der Waals surface area contributed by atoms with Crippen molar-refractivity contribution in [1.29, 1.82) is 0 Å². The lowest BCUT2D eigenvalue weighted by molar-refractivity contribution is -0.114. The van der Waals surface area contributed by atoms with Crippen molar-refractivity contribution in [1.82, 2.24) is 0 Å². The Labute approximate surface area is 196 Å². The number of hydrogen-bond donors (Lipinski definition) is 1. The second-order valence-electron chi connectivity index (χ2n) is 7.06. The van der Waals surface area contributed by atoms with Gasteiger partial charge in [-0.25, -0.2) is 8.42 Å². The highest BCUT2D eigenvalue weighted by atomic mass is 127. The summed E-state index contributed by atoms with van der Waals surface area (Å²) in [5.41, 5.74) is 2.68. The molecule has 0 saturated heterocycles. The first-order valence-corrected chi connectivity index (χ1v) is 12.0. The Bertz CT molecular complexity index is 1180. The third-order valence-corrected chi connectivity index (χ3v) is 7.12. The summed E-state index contributed by atoms with van der Waals surface area (Å²) < 4.78 is 34.6. The van der Waals surface area contributed by atoms with Crippen LogP contribution in [0.15, 0.2) is 71.6 Å². The van der Waals surface area contributed by atoms with Crippen molar-refractivity contribution in [2.24, 2.45) is 0 Å². The number of nitrogens with one attached hydrogen (secondary N) is 1. The van der Waals surface area contributed by atoms with E-state index in [2.05, 4.69) is 27.9 Å². The van der Waals surface area contributed by atoms with Gasteiger partial charge in [0.2, 0.25) is 5.91 Å². The first-order valence-electron chi connectivity index (χ1n) is 9.50. The number of ether oxygens (including phenoxy) is 1. The Kier molecular flexibility index (Phi) is 7.22. The number of carbonyl (C=O) groups excluding carboxylic acids is 1. The zero-order valence-electron chi connectivity index (χ0n) is 17.4. The molecule has 3 aromatic rings. The van der Waals surface area contributed by atoms with Crippen LogP contribution in [-0.4, -0.2) is 28.0 Å². The summed E-state index contributed by atoms with van der Waals surface area (Å²) in [7, 11) is -2.55. The monoisotopic (exact) mass is 550 g/mol. The van der Waals surface area contributed by atoms with Crippen molar-refractivity contribution in [2.75, 3.05) is 23.3 Å². The summed E-state index contributed by atoms with van der Waals surface area (Å²) in [6, 6.07) is 19.0. The fourth-order valence-corrected chi connectivity index (χ4v) is 4.78. The number of nitrogens with zero attached hydrogens (tertiary/aromatic N) is 1. The third-order valence-electron chi connectivity index (χ3n) is 4.63. The Morgan fingerprint density at radius 3 is 2.19 bits per heavy atom. The van der Waals surface area contributed by atoms with Crippen molar-refractivity contribution in [3.05, 3.63) is 81.4 Å². The zero-order valence-corrected chi connectivity index (χ0v) is 20.4. The molecule has 0 bridgehead atoms. The Balaban J connectivity index is 2.02. The lowest BCUT2D eigenvalue weighted by Crippen LogP contribution is -2.38. The van der Waals surface area contributed by atoms with Gasteiger partial charge in [0.1, 0.15) is 12.3 Å². The maximum atomic E-state index is 13.5. The SMILES string of the molecule is COc1ccc(C)cc1N(CC(=O)Nc1ccc(I)cc1)S(=O)(=O)c1ccc(C)cc1. The van der Waals surface area contributed by atoms with Gasteiger partial charge in [-0.1, -0.05) is 23.8 Å². The van der Waals surface area contributed by atoms with Crippen LogP contribution in [0.1, 0.15) is 11.1 Å². The number of rotatable bonds is 7. The number of anilines is 2. The maximum Gasteiger partial charge on any atom is 0.264 e. The zero-order chi connectivity index (χ0) is 22.6. The van der Waals surface area contributed by atoms with Crippen molar-refractivity contribution < 1.29 is 17.9 Å². The van der Waals surface area contributed by atoms with Crippen LogP contribution in [0.3, 0.4) is 0 Å². The molecule has 0 spiro atoms. The minimum atomic E-state index is -4.02. The highest BCUT2D eigenvalue weighted by Gasteiger charge is 2.29. The molecule has 0 aliphatic carbocycles. The molecule has 0 aliphatic rings. The fourth-order valence-electron chi connectivity index (χ4n) is 3.00. The molecule has 1 N–H and O–H groups in total. The van der Waals surface area contributed by atoms with Crippen molar-refractivity contribution in [2.45, 2.75) is 18.7 Å². The molecular formula is C23H23IN2O4S. The largest absolute Gasteiger partial charge is 0.495 e. The third kappa shape index (κ3) is 5.56. The average molecular weight is 550 g/mol. The van der Waals surface area contributed by atoms with Crippen LogP contribution in [0.25, 0.3) is 0 Å². The number of methoxy groups -OCH3 is 1. The fraction of sp³-hybridized carbons (Fsp3) is 0.174. The summed E-state index contributed by atoms with van der Waals surface area (Å²) in [6.45, 7) is 3.33. The van der Waals surface area contributed by atoms with E-state index >= 15 is 0 Å². The van der Waals surface area contributed by atoms with Gasteiger partial charge in [-0.05, 0) is 90.5 Å². The van der Waals surface area contributed by atoms with Gasteiger partial charge in [0.25, 0.3) is 10.0 Å². The second-order valence-corrected chi connectivity index (χ2v) is 10.2. The van der Waals surface area contributed by atoms with Crippen LogP contribution in [0.4, 0.5) is 11.4 Å². The smallest absolute Gasteiger partial charge is 0.264 e. The molecule has 0 unspecified atom stereocenters. The number of halogens is 1. The van der Waals surface area contributed by atoms with E-state index in [1.54, 1.807) is 36.4 Å². The molecule has 0 fully saturated rings. The maximum absolute atomic E-state index is 13.5. The van der Waals surface area contributed by atoms with Gasteiger partial charge in [-0.15, -0.1) is 0 Å². The summed E-state index contributed by atoms with van der Waals surface area (Å²) in [5.74, 6) is -0.0937. The molecule has 0 saturated carbocycles. The van der Waals surface area contributed by atoms with E-state index in [9.17, 15) is 13.2 Å². The minimum Gasteiger partial charge on any atom is -0.495 e. The summed E-state index contributed by atoms with van der Waals surface area (Å²) in [5, 5.41) is 2.76. The molecule has 0 heterocycles. The average Bonchev–Trinajstić information content (AvgIpc) is 2.74. The van der Waals surface area contributed by atoms with Crippen LogP contribution < -0.4 is 14.4 Å². The molecule has 3 aromatic carbocycles. The first kappa shape index (κ1) is 23.1. The summed E-state index contributed by atoms with van der Waals surface area (Å²) in [6.07, 6.45) is 0. The van der Waals surface area contributed by atoms with Gasteiger partial charge < -0.3 is 10.1 Å². The molecule has 3 rings (SSSR count). The van der Waals surface area contributed by atoms with Gasteiger partial charge >= 0.3 is 0 Å². The van der Waals surface area contributed by atoms with E-state index in [-0.39, 0.29) is 4.90 Å². The molecule has 0 radical (unpaired) electrons. The summed E-state index contributed by atoms with van der Waals surface area (Å²) in [4.78, 5) is 12.9. The topological polar surface area (TPSA) is 75.7 Å². The quantitative estimate of drug-likeness (QED) is 0.431. The highest BCUT2D eigenvalue weighted by Crippen LogP contribution is 2.33. The van der Waals surface area contributed by atoms with E-state index < -0.39 is 22.5 Å². The standard InChI is InChI=1S/C23H23IN2O4S/c1-16-4-11-20(12-5-16)31(28,29)26(21-14-17(2)6-13-22(21)30-3)15-23(27)25-19-9-7-18(24)8-10-19/h4-14H,15H2,1-3H3,(H,25,27). The van der Waals surface area contributed by atoms with Crippen LogP contribution in [0, 0.1) is 17.4 Å². The molecule has 8 heteroatoms. The predicted molar refractivity (Wildman–Crippen MR) is 131 cm³/mol. The van der Waals surface area contributed by atoms with E-state index in [0.717, 1.165) is 19.0 Å². The van der Waals surface area contributed by atoms with Gasteiger partial charge in [0.15, 0.2) is 0 Å². The molecule has 0 aromatic heterocycles. The van der Waals surface area contributed by atoms with Crippen LogP contribution >= 0.6 is 22.6 Å². The normalized spacial score (nSPS) is 11.1. The number of hydrogen-bond acceptors (Lipinski definition) is 4. The Morgan fingerprint density at radius 2 is 1.58 bits per heavy atom. The number of sulfonamides is 1. The highest BCUT2D eigenvalue weighted by molar-refractivity contribution is 14.1. The second kappa shape index (κ2) is 9.69. The molecule has 0 atom stereocenters. The van der Waals surface area contributed by atoms with Crippen molar-refractivity contribution >= 4 is 49.9 Å². The van der Waals surface area contributed by atoms with Crippen LogP contribution in [-0.2, 0) is 14.8 Å². The number of carbonyl (C=O) groups is 1. The number of aryl methyl sites for hydroxylation is 2. The van der Waals surface area contributed by atoms with E-state index in [1.165, 1.54) is 19.2 Å². The molecule has 1 amide bonds. The summed E-state index contributed by atoms with van der Waals surface area (Å²) >= 11 is 2.17. The van der Waals surface area contributed by atoms with Gasteiger partial charge in [-0.3, -0.25) is 9.10 Å². The van der Waals surface area contributed by atoms with Crippen LogP contribution in [0.2, 0.25) is 0 Å². The molecule has 0 aliphatic heterocycles. The van der Waals surface area contributed by atoms with E-state index in [1.807, 2.05) is 32.0 Å². The molecule has 6 nitrogen and oxygen atoms in total. The van der Waals surface area contributed by atoms with Gasteiger partial charge in [-0.2, -0.15) is 0 Å². The minimum absolute atomic E-state index is 0.101.